The van der Waals surface area contributed by atoms with Crippen molar-refractivity contribution in [3.05, 3.63) is 35.9 Å². The molecule has 94 valence electrons. The molecule has 6 heteroatoms. The molecule has 18 heavy (non-hydrogen) atoms. The molecule has 0 saturated carbocycles. The summed E-state index contributed by atoms with van der Waals surface area (Å²) in [5.41, 5.74) is 12.8. The average Bonchev–Trinajstić information content (AvgIpc) is 2.40. The first-order valence-electron chi connectivity index (χ1n) is 5.35. The monoisotopic (exact) mass is 246 g/mol. The number of rotatable bonds is 3. The molecule has 0 unspecified atom stereocenters. The summed E-state index contributed by atoms with van der Waals surface area (Å²) in [5.74, 6) is 1.31. The Bertz CT molecular complexity index is 517. The zero-order valence-corrected chi connectivity index (χ0v) is 9.96. The summed E-state index contributed by atoms with van der Waals surface area (Å²) in [6, 6.07) is 7.22. The normalized spacial score (nSPS) is 15.5. The molecule has 1 aromatic carbocycles. The lowest BCUT2D eigenvalue weighted by Gasteiger charge is -2.10. The van der Waals surface area contributed by atoms with E-state index in [4.69, 9.17) is 21.0 Å². The van der Waals surface area contributed by atoms with Gasteiger partial charge in [-0.25, -0.2) is 4.99 Å². The van der Waals surface area contributed by atoms with E-state index in [9.17, 15) is 0 Å². The van der Waals surface area contributed by atoms with Crippen molar-refractivity contribution < 1.29 is 9.57 Å². The van der Waals surface area contributed by atoms with E-state index < -0.39 is 0 Å². The second-order valence-electron chi connectivity index (χ2n) is 3.59. The molecule has 2 rings (SSSR count). The van der Waals surface area contributed by atoms with Crippen LogP contribution in [0, 0.1) is 0 Å². The minimum atomic E-state index is 0.232. The summed E-state index contributed by atoms with van der Waals surface area (Å²) in [4.78, 5) is 9.06. The van der Waals surface area contributed by atoms with Gasteiger partial charge in [0.2, 0.25) is 0 Å². The zero-order valence-electron chi connectivity index (χ0n) is 9.96. The second kappa shape index (κ2) is 5.22. The van der Waals surface area contributed by atoms with Crippen LogP contribution in [-0.4, -0.2) is 25.4 Å². The third-order valence-corrected chi connectivity index (χ3v) is 2.40. The maximum absolute atomic E-state index is 5.88. The van der Waals surface area contributed by atoms with Gasteiger partial charge in [0, 0.05) is 0 Å². The first-order chi connectivity index (χ1) is 8.70. The molecule has 1 heterocycles. The van der Waals surface area contributed by atoms with Crippen LogP contribution in [0.25, 0.3) is 0 Å². The van der Waals surface area contributed by atoms with Gasteiger partial charge in [-0.2, -0.15) is 0 Å². The summed E-state index contributed by atoms with van der Waals surface area (Å²) >= 11 is 0. The lowest BCUT2D eigenvalue weighted by molar-refractivity contribution is 0.170. The average molecular weight is 246 g/mol. The fourth-order valence-electron chi connectivity index (χ4n) is 1.47. The summed E-state index contributed by atoms with van der Waals surface area (Å²) in [5, 5.41) is 3.65. The van der Waals surface area contributed by atoms with Gasteiger partial charge in [0.15, 0.2) is 5.84 Å². The molecule has 0 amide bonds. The number of oxime groups is 1. The van der Waals surface area contributed by atoms with Gasteiger partial charge in [0.05, 0.1) is 18.4 Å². The van der Waals surface area contributed by atoms with Crippen molar-refractivity contribution in [3.8, 4) is 5.75 Å². The van der Waals surface area contributed by atoms with Crippen molar-refractivity contribution in [3.63, 3.8) is 0 Å². The Morgan fingerprint density at radius 3 is 2.72 bits per heavy atom. The first kappa shape index (κ1) is 12.0. The molecule has 0 bridgehead atoms. The summed E-state index contributed by atoms with van der Waals surface area (Å²) in [7, 11) is 1.61. The van der Waals surface area contributed by atoms with Gasteiger partial charge >= 0.3 is 0 Å². The number of nitrogens with two attached hydrogens (primary N) is 2. The molecule has 0 saturated heterocycles. The van der Waals surface area contributed by atoms with E-state index >= 15 is 0 Å². The molecule has 1 aliphatic rings. The first-order valence-corrected chi connectivity index (χ1v) is 5.35. The highest BCUT2D eigenvalue weighted by Gasteiger charge is 2.12. The lowest BCUT2D eigenvalue weighted by Crippen LogP contribution is -2.29. The van der Waals surface area contributed by atoms with Crippen LogP contribution in [0.15, 0.2) is 46.1 Å². The molecule has 0 aliphatic carbocycles. The minimum absolute atomic E-state index is 0.232. The van der Waals surface area contributed by atoms with Crippen molar-refractivity contribution in [2.24, 2.45) is 21.6 Å². The Balaban J connectivity index is 2.21. The molecule has 6 nitrogen and oxygen atoms in total. The maximum Gasteiger partial charge on any atom is 0.173 e. The van der Waals surface area contributed by atoms with Crippen LogP contribution >= 0.6 is 0 Å². The lowest BCUT2D eigenvalue weighted by atomic mass is 10.2. The Labute approximate surface area is 105 Å². The fourth-order valence-corrected chi connectivity index (χ4v) is 1.47. The van der Waals surface area contributed by atoms with Gasteiger partial charge in [-0.05, 0) is 30.3 Å². The molecule has 1 aromatic rings. The van der Waals surface area contributed by atoms with Crippen LogP contribution in [0.4, 0.5) is 5.69 Å². The predicted molar refractivity (Wildman–Crippen MR) is 69.9 cm³/mol. The largest absolute Gasteiger partial charge is 0.497 e. The van der Waals surface area contributed by atoms with Crippen LogP contribution in [0.3, 0.4) is 0 Å². The van der Waals surface area contributed by atoms with Crippen LogP contribution in [0.2, 0.25) is 0 Å². The van der Waals surface area contributed by atoms with Crippen molar-refractivity contribution in [1.82, 2.24) is 0 Å². The third-order valence-electron chi connectivity index (χ3n) is 2.40. The highest BCUT2D eigenvalue weighted by Crippen LogP contribution is 2.18. The van der Waals surface area contributed by atoms with E-state index in [1.165, 1.54) is 0 Å². The van der Waals surface area contributed by atoms with E-state index in [1.54, 1.807) is 25.3 Å². The Kier molecular flexibility index (Phi) is 3.47. The van der Waals surface area contributed by atoms with Crippen LogP contribution in [0.1, 0.15) is 0 Å². The van der Waals surface area contributed by atoms with Crippen molar-refractivity contribution in [1.29, 1.82) is 0 Å². The third kappa shape index (κ3) is 2.60. The second-order valence-corrected chi connectivity index (χ2v) is 3.59. The van der Waals surface area contributed by atoms with E-state index in [2.05, 4.69) is 10.1 Å². The van der Waals surface area contributed by atoms with E-state index in [0.717, 1.165) is 5.75 Å². The van der Waals surface area contributed by atoms with Crippen LogP contribution < -0.4 is 16.2 Å². The quantitative estimate of drug-likeness (QED) is 0.612. The van der Waals surface area contributed by atoms with Crippen molar-refractivity contribution in [2.45, 2.75) is 0 Å². The van der Waals surface area contributed by atoms with E-state index in [0.29, 0.717) is 23.7 Å². The fraction of sp³-hybridized carbons (Fsp3) is 0.167. The van der Waals surface area contributed by atoms with E-state index in [1.807, 2.05) is 12.1 Å². The number of amidine groups is 2. The number of hydrogen-bond acceptors (Lipinski definition) is 5. The Hall–Kier alpha value is -2.50. The number of benzene rings is 1. The molecular formula is C12H14N4O2. The van der Waals surface area contributed by atoms with Crippen LogP contribution in [0.5, 0.6) is 5.75 Å². The molecule has 4 N–H and O–H groups in total. The number of ether oxygens (including phenoxy) is 1. The summed E-state index contributed by atoms with van der Waals surface area (Å²) in [6.45, 7) is 0.342. The van der Waals surface area contributed by atoms with Crippen molar-refractivity contribution in [2.75, 3.05) is 13.7 Å². The summed E-state index contributed by atoms with van der Waals surface area (Å²) in [6.07, 6.45) is 1.74. The Morgan fingerprint density at radius 1 is 1.39 bits per heavy atom. The smallest absolute Gasteiger partial charge is 0.173 e. The van der Waals surface area contributed by atoms with Gasteiger partial charge in [-0.1, -0.05) is 5.16 Å². The maximum atomic E-state index is 5.88. The number of methoxy groups -OCH3 is 1. The molecule has 0 spiro atoms. The Morgan fingerprint density at radius 2 is 2.11 bits per heavy atom. The zero-order chi connectivity index (χ0) is 13.0. The van der Waals surface area contributed by atoms with Crippen molar-refractivity contribution >= 4 is 17.4 Å². The molecule has 0 fully saturated rings. The highest BCUT2D eigenvalue weighted by atomic mass is 16.6. The number of nitrogens with zero attached hydrogens (tertiary/aromatic N) is 2. The van der Waals surface area contributed by atoms with E-state index in [-0.39, 0.29) is 5.84 Å². The topological polar surface area (TPSA) is 95.2 Å². The summed E-state index contributed by atoms with van der Waals surface area (Å²) < 4.78 is 5.06. The molecule has 0 radical (unpaired) electrons. The SMILES string of the molecule is COc1ccc(N=C(N)C2=CCON=C2N)cc1. The highest BCUT2D eigenvalue weighted by molar-refractivity contribution is 6.22. The number of aliphatic imine (C=N–C) groups is 1. The van der Waals surface area contributed by atoms with Gasteiger partial charge in [-0.3, -0.25) is 0 Å². The van der Waals surface area contributed by atoms with Gasteiger partial charge in [0.25, 0.3) is 0 Å². The number of hydrogen-bond donors (Lipinski definition) is 2. The molecule has 0 atom stereocenters. The van der Waals surface area contributed by atoms with Gasteiger partial charge in [0.1, 0.15) is 18.2 Å². The van der Waals surface area contributed by atoms with Gasteiger partial charge in [-0.15, -0.1) is 0 Å². The minimum Gasteiger partial charge on any atom is -0.497 e. The standard InChI is InChI=1S/C12H14N4O2/c1-17-9-4-2-8(3-5-9)15-11(13)10-6-7-18-16-12(10)14/h2-6H,7H2,1H3,(H2,13,15)(H2,14,16). The molecule has 1 aliphatic heterocycles. The van der Waals surface area contributed by atoms with Gasteiger partial charge < -0.3 is 21.0 Å². The molecule has 0 aromatic heterocycles. The van der Waals surface area contributed by atoms with Crippen LogP contribution in [-0.2, 0) is 4.84 Å². The predicted octanol–water partition coefficient (Wildman–Crippen LogP) is 0.913. The molecular weight excluding hydrogens is 232 g/mol.